The van der Waals surface area contributed by atoms with Gasteiger partial charge in [0.15, 0.2) is 5.78 Å². The van der Waals surface area contributed by atoms with Crippen LogP contribution in [0, 0.1) is 5.92 Å². The Morgan fingerprint density at radius 3 is 2.87 bits per heavy atom. The molecule has 2 aliphatic heterocycles. The normalized spacial score (nSPS) is 35.7. The van der Waals surface area contributed by atoms with Crippen molar-refractivity contribution in [1.82, 2.24) is 15.1 Å². The minimum absolute atomic E-state index is 0.0395. The van der Waals surface area contributed by atoms with Crippen LogP contribution in [0.15, 0.2) is 11.8 Å². The van der Waals surface area contributed by atoms with Gasteiger partial charge in [-0.05, 0) is 33.1 Å². The fourth-order valence-corrected chi connectivity index (χ4v) is 4.43. The number of carboxylic acids is 1. The molecule has 0 spiro atoms. The van der Waals surface area contributed by atoms with Crippen LogP contribution in [0.2, 0.25) is 0 Å². The van der Waals surface area contributed by atoms with Crippen molar-refractivity contribution >= 4 is 11.8 Å². The smallest absolute Gasteiger partial charge is 0.340 e. The SMILES string of the molecule is CCN1C=C(C(=O)O)C(=O)C2CCC(N3CCNC(C)C3)CC21. The highest BCUT2D eigenvalue weighted by atomic mass is 16.4. The molecule has 4 atom stereocenters. The molecule has 1 aliphatic carbocycles. The van der Waals surface area contributed by atoms with Crippen molar-refractivity contribution in [3.63, 3.8) is 0 Å². The van der Waals surface area contributed by atoms with Crippen LogP contribution in [-0.2, 0) is 9.59 Å². The number of aliphatic carboxylic acids is 1. The number of fused-ring (bicyclic) bond motifs is 1. The van der Waals surface area contributed by atoms with Crippen LogP contribution in [0.1, 0.15) is 33.1 Å². The number of nitrogens with zero attached hydrogens (tertiary/aromatic N) is 2. The number of nitrogens with one attached hydrogen (secondary N) is 1. The van der Waals surface area contributed by atoms with Gasteiger partial charge in [0.05, 0.1) is 0 Å². The van der Waals surface area contributed by atoms with E-state index in [1.54, 1.807) is 6.20 Å². The van der Waals surface area contributed by atoms with Crippen molar-refractivity contribution < 1.29 is 14.7 Å². The Labute approximate surface area is 137 Å². The van der Waals surface area contributed by atoms with E-state index in [1.165, 1.54) is 0 Å². The molecule has 0 radical (unpaired) electrons. The summed E-state index contributed by atoms with van der Waals surface area (Å²) in [5.41, 5.74) is -0.0395. The number of carbonyl (C=O) groups is 2. The van der Waals surface area contributed by atoms with E-state index in [4.69, 9.17) is 0 Å². The predicted molar refractivity (Wildman–Crippen MR) is 87.1 cm³/mol. The van der Waals surface area contributed by atoms with Crippen molar-refractivity contribution in [1.29, 1.82) is 0 Å². The second kappa shape index (κ2) is 6.61. The van der Waals surface area contributed by atoms with Gasteiger partial charge in [-0.15, -0.1) is 0 Å². The van der Waals surface area contributed by atoms with E-state index in [0.717, 1.165) is 45.4 Å². The van der Waals surface area contributed by atoms with E-state index in [2.05, 4.69) is 22.0 Å². The maximum atomic E-state index is 12.5. The van der Waals surface area contributed by atoms with Crippen molar-refractivity contribution in [2.45, 2.75) is 51.2 Å². The van der Waals surface area contributed by atoms with E-state index in [-0.39, 0.29) is 23.3 Å². The van der Waals surface area contributed by atoms with E-state index in [9.17, 15) is 14.7 Å². The molecule has 6 nitrogen and oxygen atoms in total. The molecule has 0 aromatic carbocycles. The molecule has 2 heterocycles. The molecule has 0 aromatic rings. The first-order valence-electron chi connectivity index (χ1n) is 8.73. The van der Waals surface area contributed by atoms with Gasteiger partial charge in [-0.2, -0.15) is 0 Å². The van der Waals surface area contributed by atoms with Gasteiger partial charge >= 0.3 is 5.97 Å². The Kier molecular flexibility index (Phi) is 4.73. The van der Waals surface area contributed by atoms with Crippen LogP contribution in [0.4, 0.5) is 0 Å². The third-order valence-electron chi connectivity index (χ3n) is 5.62. The first-order valence-corrected chi connectivity index (χ1v) is 8.73. The molecule has 23 heavy (non-hydrogen) atoms. The summed E-state index contributed by atoms with van der Waals surface area (Å²) in [5.74, 6) is -1.41. The molecular formula is C17H27N3O3. The molecule has 2 N–H and O–H groups in total. The highest BCUT2D eigenvalue weighted by Gasteiger charge is 2.44. The van der Waals surface area contributed by atoms with Crippen molar-refractivity contribution in [2.24, 2.45) is 5.92 Å². The number of carbonyl (C=O) groups excluding carboxylic acids is 1. The number of rotatable bonds is 3. The van der Waals surface area contributed by atoms with Gasteiger partial charge in [-0.25, -0.2) is 4.79 Å². The van der Waals surface area contributed by atoms with Crippen LogP contribution in [-0.4, -0.2) is 71.0 Å². The van der Waals surface area contributed by atoms with Gasteiger partial charge in [-0.1, -0.05) is 0 Å². The second-order valence-electron chi connectivity index (χ2n) is 7.03. The van der Waals surface area contributed by atoms with Crippen LogP contribution >= 0.6 is 0 Å². The van der Waals surface area contributed by atoms with Gasteiger partial charge in [0.25, 0.3) is 0 Å². The van der Waals surface area contributed by atoms with Gasteiger partial charge in [-0.3, -0.25) is 9.69 Å². The molecule has 3 aliphatic rings. The topological polar surface area (TPSA) is 72.9 Å². The molecule has 1 saturated carbocycles. The quantitative estimate of drug-likeness (QED) is 0.745. The summed E-state index contributed by atoms with van der Waals surface area (Å²) < 4.78 is 0. The summed E-state index contributed by atoms with van der Waals surface area (Å²) >= 11 is 0. The number of hydrogen-bond acceptors (Lipinski definition) is 5. The molecule has 0 amide bonds. The molecule has 2 fully saturated rings. The Hall–Kier alpha value is -1.40. The van der Waals surface area contributed by atoms with Crippen molar-refractivity contribution in [2.75, 3.05) is 26.2 Å². The van der Waals surface area contributed by atoms with Crippen LogP contribution < -0.4 is 5.32 Å². The third-order valence-corrected chi connectivity index (χ3v) is 5.62. The zero-order valence-corrected chi connectivity index (χ0v) is 14.0. The Morgan fingerprint density at radius 2 is 2.22 bits per heavy atom. The summed E-state index contributed by atoms with van der Waals surface area (Å²) in [6, 6.07) is 1.16. The highest BCUT2D eigenvalue weighted by molar-refractivity contribution is 6.18. The zero-order chi connectivity index (χ0) is 16.6. The molecule has 1 saturated heterocycles. The fraction of sp³-hybridized carbons (Fsp3) is 0.765. The van der Waals surface area contributed by atoms with E-state index < -0.39 is 5.97 Å². The summed E-state index contributed by atoms with van der Waals surface area (Å²) in [5, 5.41) is 12.7. The van der Waals surface area contributed by atoms with Crippen LogP contribution in [0.25, 0.3) is 0 Å². The first kappa shape index (κ1) is 16.5. The Bertz CT molecular complexity index is 519. The number of ketones is 1. The Morgan fingerprint density at radius 1 is 1.43 bits per heavy atom. The minimum Gasteiger partial charge on any atom is -0.478 e. The maximum Gasteiger partial charge on any atom is 0.340 e. The van der Waals surface area contributed by atoms with E-state index in [0.29, 0.717) is 12.1 Å². The van der Waals surface area contributed by atoms with Crippen molar-refractivity contribution in [3.05, 3.63) is 11.8 Å². The predicted octanol–water partition coefficient (Wildman–Crippen LogP) is 0.691. The summed E-state index contributed by atoms with van der Waals surface area (Å²) in [7, 11) is 0. The molecule has 4 unspecified atom stereocenters. The lowest BCUT2D eigenvalue weighted by Gasteiger charge is -2.48. The average Bonchev–Trinajstić information content (AvgIpc) is 2.54. The van der Waals surface area contributed by atoms with Crippen molar-refractivity contribution in [3.8, 4) is 0 Å². The molecule has 0 bridgehead atoms. The molecule has 6 heteroatoms. The standard InChI is InChI=1S/C17H27N3O3/c1-3-19-10-14(17(22)23)16(21)13-5-4-12(8-15(13)19)20-7-6-18-11(2)9-20/h10-13,15,18H,3-9H2,1-2H3,(H,22,23). The van der Waals surface area contributed by atoms with Crippen LogP contribution in [0.5, 0.6) is 0 Å². The molecule has 128 valence electrons. The lowest BCUT2D eigenvalue weighted by Crippen LogP contribution is -2.58. The number of carboxylic acid groups (broad SMARTS) is 1. The maximum absolute atomic E-state index is 12.5. The lowest BCUT2D eigenvalue weighted by molar-refractivity contribution is -0.137. The van der Waals surface area contributed by atoms with E-state index in [1.807, 2.05) is 6.92 Å². The van der Waals surface area contributed by atoms with Gasteiger partial charge in [0.2, 0.25) is 0 Å². The second-order valence-corrected chi connectivity index (χ2v) is 7.03. The average molecular weight is 321 g/mol. The van der Waals surface area contributed by atoms with E-state index >= 15 is 0 Å². The number of piperazine rings is 1. The van der Waals surface area contributed by atoms with Gasteiger partial charge in [0, 0.05) is 56.4 Å². The number of Topliss-reactive ketones (excluding diaryl/α,β-unsaturated/α-hetero) is 1. The Balaban J connectivity index is 1.76. The van der Waals surface area contributed by atoms with Gasteiger partial charge < -0.3 is 15.3 Å². The molecular weight excluding hydrogens is 294 g/mol. The van der Waals surface area contributed by atoms with Crippen LogP contribution in [0.3, 0.4) is 0 Å². The monoisotopic (exact) mass is 321 g/mol. The number of hydrogen-bond donors (Lipinski definition) is 2. The zero-order valence-electron chi connectivity index (χ0n) is 14.0. The molecule has 0 aromatic heterocycles. The molecule has 3 rings (SSSR count). The first-order chi connectivity index (χ1) is 11.0. The summed E-state index contributed by atoms with van der Waals surface area (Å²) in [4.78, 5) is 28.4. The lowest BCUT2D eigenvalue weighted by atomic mass is 9.74. The highest BCUT2D eigenvalue weighted by Crippen LogP contribution is 2.36. The van der Waals surface area contributed by atoms with Gasteiger partial charge in [0.1, 0.15) is 5.57 Å². The fourth-order valence-electron chi connectivity index (χ4n) is 4.43. The summed E-state index contributed by atoms with van der Waals surface area (Å²) in [6.45, 7) is 8.11. The third kappa shape index (κ3) is 3.15. The minimum atomic E-state index is -1.09. The largest absolute Gasteiger partial charge is 0.478 e. The summed E-state index contributed by atoms with van der Waals surface area (Å²) in [6.07, 6.45) is 4.33.